The van der Waals surface area contributed by atoms with Crippen LogP contribution in [0, 0.1) is 11.3 Å². The Morgan fingerprint density at radius 3 is 2.30 bits per heavy atom. The third kappa shape index (κ3) is 4.71. The Morgan fingerprint density at radius 2 is 1.70 bits per heavy atom. The maximum Gasteiger partial charge on any atom is 0.0707 e. The van der Waals surface area contributed by atoms with E-state index in [4.69, 9.17) is 4.74 Å². The molecule has 3 nitrogen and oxygen atoms in total. The molecule has 2 fully saturated rings. The Morgan fingerprint density at radius 1 is 1.05 bits per heavy atom. The van der Waals surface area contributed by atoms with E-state index in [2.05, 4.69) is 37.9 Å². The van der Waals surface area contributed by atoms with Crippen molar-refractivity contribution < 1.29 is 4.74 Å². The fourth-order valence-electron chi connectivity index (χ4n) is 3.64. The summed E-state index contributed by atoms with van der Waals surface area (Å²) in [5.74, 6) is 0.893. The molecule has 2 heterocycles. The topological polar surface area (TPSA) is 24.5 Å². The highest BCUT2D eigenvalue weighted by Gasteiger charge is 2.31. The zero-order valence-corrected chi connectivity index (χ0v) is 14.0. The fraction of sp³-hybridized carbons (Fsp3) is 1.00. The summed E-state index contributed by atoms with van der Waals surface area (Å²) in [4.78, 5) is 2.63. The Hall–Kier alpha value is -0.120. The second-order valence-electron chi connectivity index (χ2n) is 7.71. The number of hydrogen-bond donors (Lipinski definition) is 1. The minimum Gasteiger partial charge on any atom is -0.372 e. The number of ether oxygens (including phenoxy) is 1. The van der Waals surface area contributed by atoms with Gasteiger partial charge in [0.1, 0.15) is 0 Å². The Bertz CT molecular complexity index is 279. The largest absolute Gasteiger partial charge is 0.372 e. The van der Waals surface area contributed by atoms with E-state index in [9.17, 15) is 0 Å². The van der Waals surface area contributed by atoms with Gasteiger partial charge in [0, 0.05) is 13.1 Å². The van der Waals surface area contributed by atoms with Crippen LogP contribution in [0.2, 0.25) is 0 Å². The highest BCUT2D eigenvalue weighted by atomic mass is 16.5. The van der Waals surface area contributed by atoms with Gasteiger partial charge in [0.05, 0.1) is 12.2 Å². The van der Waals surface area contributed by atoms with Gasteiger partial charge in [-0.05, 0) is 56.7 Å². The Labute approximate surface area is 125 Å². The van der Waals surface area contributed by atoms with Gasteiger partial charge in [0.15, 0.2) is 0 Å². The number of nitrogens with one attached hydrogen (secondary N) is 1. The first-order valence-corrected chi connectivity index (χ1v) is 8.57. The van der Waals surface area contributed by atoms with Crippen LogP contribution >= 0.6 is 0 Å². The minimum atomic E-state index is 0.451. The Balaban J connectivity index is 1.66. The summed E-state index contributed by atoms with van der Waals surface area (Å²) in [5, 5.41) is 3.40. The lowest BCUT2D eigenvalue weighted by molar-refractivity contribution is 0.0112. The number of likely N-dealkylation sites (tertiary alicyclic amines) is 1. The molecule has 0 bridgehead atoms. The van der Waals surface area contributed by atoms with Gasteiger partial charge in [-0.25, -0.2) is 0 Å². The second-order valence-corrected chi connectivity index (χ2v) is 7.71. The molecule has 2 unspecified atom stereocenters. The van der Waals surface area contributed by atoms with Crippen LogP contribution in [0.25, 0.3) is 0 Å². The van der Waals surface area contributed by atoms with E-state index in [0.29, 0.717) is 17.6 Å². The summed E-state index contributed by atoms with van der Waals surface area (Å²) >= 11 is 0. The molecule has 0 radical (unpaired) electrons. The molecule has 0 spiro atoms. The monoisotopic (exact) mass is 282 g/mol. The van der Waals surface area contributed by atoms with E-state index in [-0.39, 0.29) is 0 Å². The first-order valence-electron chi connectivity index (χ1n) is 8.57. The third-order valence-electron chi connectivity index (χ3n) is 5.09. The molecule has 2 aliphatic heterocycles. The summed E-state index contributed by atoms with van der Waals surface area (Å²) in [6.45, 7) is 15.1. The highest BCUT2D eigenvalue weighted by molar-refractivity contribution is 4.83. The van der Waals surface area contributed by atoms with E-state index in [0.717, 1.165) is 25.6 Å². The van der Waals surface area contributed by atoms with E-state index in [1.807, 2.05) is 0 Å². The highest BCUT2D eigenvalue weighted by Crippen LogP contribution is 2.34. The van der Waals surface area contributed by atoms with Gasteiger partial charge in [-0.2, -0.15) is 0 Å². The van der Waals surface area contributed by atoms with Crippen LogP contribution in [0.1, 0.15) is 53.4 Å². The molecule has 0 aliphatic carbocycles. The Kier molecular flexibility index (Phi) is 5.88. The van der Waals surface area contributed by atoms with Crippen molar-refractivity contribution in [3.63, 3.8) is 0 Å². The first-order chi connectivity index (χ1) is 9.49. The molecule has 2 rings (SSSR count). The maximum atomic E-state index is 6.16. The number of rotatable bonds is 5. The molecule has 2 aliphatic rings. The van der Waals surface area contributed by atoms with Crippen molar-refractivity contribution in [1.82, 2.24) is 10.2 Å². The van der Waals surface area contributed by atoms with Crippen molar-refractivity contribution in [1.29, 1.82) is 0 Å². The van der Waals surface area contributed by atoms with Crippen LogP contribution in [-0.4, -0.2) is 49.8 Å². The van der Waals surface area contributed by atoms with Crippen LogP contribution in [0.3, 0.4) is 0 Å². The lowest BCUT2D eigenvalue weighted by Crippen LogP contribution is -2.41. The lowest BCUT2D eigenvalue weighted by atomic mass is 9.75. The van der Waals surface area contributed by atoms with Crippen molar-refractivity contribution in [3.05, 3.63) is 0 Å². The number of piperidine rings is 1. The molecule has 0 aromatic rings. The van der Waals surface area contributed by atoms with Gasteiger partial charge in [-0.3, -0.25) is 0 Å². The molecule has 2 atom stereocenters. The molecule has 118 valence electrons. The van der Waals surface area contributed by atoms with Crippen molar-refractivity contribution in [2.75, 3.05) is 32.7 Å². The van der Waals surface area contributed by atoms with Crippen molar-refractivity contribution >= 4 is 0 Å². The van der Waals surface area contributed by atoms with E-state index in [1.165, 1.54) is 38.8 Å². The molecule has 3 heteroatoms. The van der Waals surface area contributed by atoms with Crippen molar-refractivity contribution in [2.24, 2.45) is 11.3 Å². The predicted octanol–water partition coefficient (Wildman–Crippen LogP) is 2.90. The summed E-state index contributed by atoms with van der Waals surface area (Å²) < 4.78 is 6.16. The fourth-order valence-corrected chi connectivity index (χ4v) is 3.64. The minimum absolute atomic E-state index is 0.451. The van der Waals surface area contributed by atoms with Gasteiger partial charge in [0.25, 0.3) is 0 Å². The number of likely N-dealkylation sites (N-methyl/N-ethyl adjacent to an activating group) is 1. The molecule has 20 heavy (non-hydrogen) atoms. The summed E-state index contributed by atoms with van der Waals surface area (Å²) in [6.07, 6.45) is 6.12. The van der Waals surface area contributed by atoms with Gasteiger partial charge >= 0.3 is 0 Å². The third-order valence-corrected chi connectivity index (χ3v) is 5.09. The van der Waals surface area contributed by atoms with Crippen LogP contribution in [0.4, 0.5) is 0 Å². The molecular weight excluding hydrogens is 248 g/mol. The van der Waals surface area contributed by atoms with Crippen LogP contribution in [0.5, 0.6) is 0 Å². The van der Waals surface area contributed by atoms with E-state index >= 15 is 0 Å². The van der Waals surface area contributed by atoms with Gasteiger partial charge in [-0.15, -0.1) is 0 Å². The predicted molar refractivity (Wildman–Crippen MR) is 85.1 cm³/mol. The quantitative estimate of drug-likeness (QED) is 0.839. The summed E-state index contributed by atoms with van der Waals surface area (Å²) in [7, 11) is 0. The summed E-state index contributed by atoms with van der Waals surface area (Å²) in [6, 6.07) is 0. The standard InChI is InChI=1S/C17H34N2O/c1-5-18-12-15-6-7-16(20-15)13-19-10-8-14(9-11-19)17(2,3)4/h14-16,18H,5-13H2,1-4H3. The average molecular weight is 282 g/mol. The van der Waals surface area contributed by atoms with Crippen molar-refractivity contribution in [2.45, 2.75) is 65.6 Å². The molecule has 2 saturated heterocycles. The maximum absolute atomic E-state index is 6.16. The zero-order chi connectivity index (χ0) is 14.6. The second kappa shape index (κ2) is 7.24. The summed E-state index contributed by atoms with van der Waals surface area (Å²) in [5.41, 5.74) is 0.479. The van der Waals surface area contributed by atoms with Crippen LogP contribution < -0.4 is 5.32 Å². The van der Waals surface area contributed by atoms with Crippen LogP contribution in [0.15, 0.2) is 0 Å². The van der Waals surface area contributed by atoms with Gasteiger partial charge in [0.2, 0.25) is 0 Å². The normalized spacial score (nSPS) is 30.0. The molecular formula is C17H34N2O. The van der Waals surface area contributed by atoms with E-state index in [1.54, 1.807) is 0 Å². The molecule has 0 amide bonds. The zero-order valence-electron chi connectivity index (χ0n) is 14.0. The van der Waals surface area contributed by atoms with Crippen molar-refractivity contribution in [3.8, 4) is 0 Å². The van der Waals surface area contributed by atoms with Crippen LogP contribution in [-0.2, 0) is 4.74 Å². The average Bonchev–Trinajstić information content (AvgIpc) is 2.83. The number of hydrogen-bond acceptors (Lipinski definition) is 3. The molecule has 1 N–H and O–H groups in total. The number of nitrogens with zero attached hydrogens (tertiary/aromatic N) is 1. The SMILES string of the molecule is CCNCC1CCC(CN2CCC(C(C)(C)C)CC2)O1. The van der Waals surface area contributed by atoms with E-state index < -0.39 is 0 Å². The van der Waals surface area contributed by atoms with Gasteiger partial charge in [-0.1, -0.05) is 27.7 Å². The smallest absolute Gasteiger partial charge is 0.0707 e. The van der Waals surface area contributed by atoms with Gasteiger partial charge < -0.3 is 15.0 Å². The first kappa shape index (κ1) is 16.3. The molecule has 0 aromatic carbocycles. The lowest BCUT2D eigenvalue weighted by Gasteiger charge is -2.39. The molecule has 0 saturated carbocycles. The molecule has 0 aromatic heterocycles.